The van der Waals surface area contributed by atoms with Gasteiger partial charge in [-0.2, -0.15) is 5.10 Å². The van der Waals surface area contributed by atoms with E-state index in [-0.39, 0.29) is 0 Å². The van der Waals surface area contributed by atoms with Crippen molar-refractivity contribution in [1.29, 1.82) is 0 Å². The first kappa shape index (κ1) is 14.0. The van der Waals surface area contributed by atoms with Gasteiger partial charge in [0.05, 0.1) is 17.3 Å². The molecule has 2 heterocycles. The third-order valence-corrected chi connectivity index (χ3v) is 3.73. The number of anilines is 1. The van der Waals surface area contributed by atoms with E-state index in [2.05, 4.69) is 43.2 Å². The van der Waals surface area contributed by atoms with Gasteiger partial charge in [-0.1, -0.05) is 35.3 Å². The first-order valence-electron chi connectivity index (χ1n) is 6.98. The van der Waals surface area contributed by atoms with Crippen LogP contribution in [0.3, 0.4) is 0 Å². The van der Waals surface area contributed by atoms with E-state index in [0.29, 0.717) is 0 Å². The van der Waals surface area contributed by atoms with Crippen molar-refractivity contribution in [2.45, 2.75) is 19.8 Å². The Morgan fingerprint density at radius 1 is 1.29 bits per heavy atom. The molecule has 3 rings (SSSR count). The van der Waals surface area contributed by atoms with Crippen LogP contribution < -0.4 is 5.32 Å². The number of nitrogens with one attached hydrogen (secondary N) is 1. The normalized spacial score (nSPS) is 11.0. The molecule has 6 heteroatoms. The molecule has 0 saturated heterocycles. The number of hydrogen-bond donors (Lipinski definition) is 1. The largest absolute Gasteiger partial charge is 0.369 e. The molecule has 0 radical (unpaired) electrons. The summed E-state index contributed by atoms with van der Waals surface area (Å²) in [4.78, 5) is 8.69. The number of fused-ring (bicyclic) bond motifs is 1. The summed E-state index contributed by atoms with van der Waals surface area (Å²) in [6.07, 6.45) is 5.65. The predicted molar refractivity (Wildman–Crippen MR) is 87.8 cm³/mol. The Morgan fingerprint density at radius 2 is 2.19 bits per heavy atom. The fourth-order valence-corrected chi connectivity index (χ4v) is 2.55. The lowest BCUT2D eigenvalue weighted by molar-refractivity contribution is 0.831. The summed E-state index contributed by atoms with van der Waals surface area (Å²) < 4.78 is 2.84. The second-order valence-electron chi connectivity index (χ2n) is 4.78. The monoisotopic (exact) mass is 345 g/mol. The summed E-state index contributed by atoms with van der Waals surface area (Å²) in [5.41, 5.74) is 1.78. The van der Waals surface area contributed by atoms with E-state index in [1.165, 1.54) is 0 Å². The van der Waals surface area contributed by atoms with Crippen molar-refractivity contribution < 1.29 is 0 Å². The Labute approximate surface area is 131 Å². The highest BCUT2D eigenvalue weighted by Crippen LogP contribution is 2.23. The van der Waals surface area contributed by atoms with Gasteiger partial charge in [0.25, 0.3) is 0 Å². The van der Waals surface area contributed by atoms with Gasteiger partial charge >= 0.3 is 0 Å². The van der Waals surface area contributed by atoms with Crippen LogP contribution in [0.1, 0.15) is 19.8 Å². The molecule has 3 aromatic rings. The Kier molecular flexibility index (Phi) is 4.15. The second kappa shape index (κ2) is 6.22. The van der Waals surface area contributed by atoms with Crippen molar-refractivity contribution in [2.75, 3.05) is 11.9 Å². The molecule has 0 unspecified atom stereocenters. The van der Waals surface area contributed by atoms with Gasteiger partial charge in [0.1, 0.15) is 12.1 Å². The SMILES string of the molecule is CCCCNc1ncnc2c1cnn2-c1cccc(Br)c1. The molecule has 21 heavy (non-hydrogen) atoms. The van der Waals surface area contributed by atoms with Crippen molar-refractivity contribution in [1.82, 2.24) is 19.7 Å². The molecule has 0 amide bonds. The lowest BCUT2D eigenvalue weighted by Crippen LogP contribution is -2.04. The van der Waals surface area contributed by atoms with E-state index in [1.807, 2.05) is 35.1 Å². The zero-order chi connectivity index (χ0) is 14.7. The zero-order valence-corrected chi connectivity index (χ0v) is 13.3. The highest BCUT2D eigenvalue weighted by Gasteiger charge is 2.10. The minimum Gasteiger partial charge on any atom is -0.369 e. The maximum Gasteiger partial charge on any atom is 0.168 e. The van der Waals surface area contributed by atoms with Crippen LogP contribution in [0.2, 0.25) is 0 Å². The van der Waals surface area contributed by atoms with Crippen LogP contribution in [-0.4, -0.2) is 26.3 Å². The van der Waals surface area contributed by atoms with Gasteiger partial charge in [0, 0.05) is 11.0 Å². The second-order valence-corrected chi connectivity index (χ2v) is 5.69. The standard InChI is InChI=1S/C15H16BrN5/c1-2-3-7-17-14-13-9-20-21(15(13)19-10-18-14)12-6-4-5-11(16)8-12/h4-6,8-10H,2-3,7H2,1H3,(H,17,18,19). The van der Waals surface area contributed by atoms with Crippen LogP contribution >= 0.6 is 15.9 Å². The van der Waals surface area contributed by atoms with Crippen molar-refractivity contribution in [3.63, 3.8) is 0 Å². The number of unbranched alkanes of at least 4 members (excludes halogenated alkanes) is 1. The molecule has 108 valence electrons. The van der Waals surface area contributed by atoms with E-state index in [0.717, 1.165) is 46.4 Å². The lowest BCUT2D eigenvalue weighted by atomic mass is 10.3. The topological polar surface area (TPSA) is 55.6 Å². The van der Waals surface area contributed by atoms with E-state index in [1.54, 1.807) is 6.33 Å². The van der Waals surface area contributed by atoms with Gasteiger partial charge < -0.3 is 5.32 Å². The molecular formula is C15H16BrN5. The van der Waals surface area contributed by atoms with Crippen LogP contribution in [0.25, 0.3) is 16.7 Å². The van der Waals surface area contributed by atoms with Crippen LogP contribution in [-0.2, 0) is 0 Å². The van der Waals surface area contributed by atoms with Gasteiger partial charge in [-0.15, -0.1) is 0 Å². The summed E-state index contributed by atoms with van der Waals surface area (Å²) in [7, 11) is 0. The Balaban J connectivity index is 2.01. The van der Waals surface area contributed by atoms with Crippen molar-refractivity contribution in [3.05, 3.63) is 41.3 Å². The van der Waals surface area contributed by atoms with Gasteiger partial charge in [0.2, 0.25) is 0 Å². The molecule has 0 aliphatic carbocycles. The Bertz CT molecular complexity index is 753. The Hall–Kier alpha value is -1.95. The molecule has 0 aliphatic rings. The zero-order valence-electron chi connectivity index (χ0n) is 11.8. The fraction of sp³-hybridized carbons (Fsp3) is 0.267. The quantitative estimate of drug-likeness (QED) is 0.714. The summed E-state index contributed by atoms with van der Waals surface area (Å²) in [6, 6.07) is 7.98. The van der Waals surface area contributed by atoms with Crippen molar-refractivity contribution in [3.8, 4) is 5.69 Å². The average molecular weight is 346 g/mol. The van der Waals surface area contributed by atoms with Crippen molar-refractivity contribution >= 4 is 32.8 Å². The Morgan fingerprint density at radius 3 is 3.00 bits per heavy atom. The van der Waals surface area contributed by atoms with Gasteiger partial charge in [-0.05, 0) is 24.6 Å². The molecule has 0 spiro atoms. The maximum absolute atomic E-state index is 4.45. The predicted octanol–water partition coefficient (Wildman–Crippen LogP) is 3.79. The average Bonchev–Trinajstić information content (AvgIpc) is 2.92. The molecule has 0 saturated carbocycles. The van der Waals surface area contributed by atoms with Gasteiger partial charge in [-0.3, -0.25) is 0 Å². The third-order valence-electron chi connectivity index (χ3n) is 3.24. The van der Waals surface area contributed by atoms with Gasteiger partial charge in [0.15, 0.2) is 5.65 Å². The maximum atomic E-state index is 4.45. The minimum atomic E-state index is 0.807. The summed E-state index contributed by atoms with van der Waals surface area (Å²) >= 11 is 3.48. The molecule has 2 aromatic heterocycles. The van der Waals surface area contributed by atoms with E-state index < -0.39 is 0 Å². The molecule has 1 aromatic carbocycles. The molecule has 0 fully saturated rings. The number of halogens is 1. The third kappa shape index (κ3) is 2.90. The first-order valence-corrected chi connectivity index (χ1v) is 7.77. The molecular weight excluding hydrogens is 330 g/mol. The summed E-state index contributed by atoms with van der Waals surface area (Å²) in [5, 5.41) is 8.74. The smallest absolute Gasteiger partial charge is 0.168 e. The summed E-state index contributed by atoms with van der Waals surface area (Å²) in [5.74, 6) is 0.842. The van der Waals surface area contributed by atoms with Crippen LogP contribution in [0, 0.1) is 0 Å². The highest BCUT2D eigenvalue weighted by atomic mass is 79.9. The van der Waals surface area contributed by atoms with E-state index in [9.17, 15) is 0 Å². The summed E-state index contributed by atoms with van der Waals surface area (Å²) in [6.45, 7) is 3.08. The minimum absolute atomic E-state index is 0.807. The molecule has 0 bridgehead atoms. The molecule has 0 aliphatic heterocycles. The number of benzene rings is 1. The number of rotatable bonds is 5. The first-order chi connectivity index (χ1) is 10.3. The van der Waals surface area contributed by atoms with Crippen LogP contribution in [0.4, 0.5) is 5.82 Å². The van der Waals surface area contributed by atoms with E-state index >= 15 is 0 Å². The number of hydrogen-bond acceptors (Lipinski definition) is 4. The van der Waals surface area contributed by atoms with Crippen molar-refractivity contribution in [2.24, 2.45) is 0 Å². The lowest BCUT2D eigenvalue weighted by Gasteiger charge is -2.06. The highest BCUT2D eigenvalue weighted by molar-refractivity contribution is 9.10. The van der Waals surface area contributed by atoms with Crippen LogP contribution in [0.15, 0.2) is 41.3 Å². The number of nitrogens with zero attached hydrogens (tertiary/aromatic N) is 4. The molecule has 0 atom stereocenters. The van der Waals surface area contributed by atoms with Crippen LogP contribution in [0.5, 0.6) is 0 Å². The van der Waals surface area contributed by atoms with E-state index in [4.69, 9.17) is 0 Å². The molecule has 1 N–H and O–H groups in total. The van der Waals surface area contributed by atoms with Gasteiger partial charge in [-0.25, -0.2) is 14.6 Å². The number of aromatic nitrogens is 4. The fourth-order valence-electron chi connectivity index (χ4n) is 2.17. The molecule has 5 nitrogen and oxygen atoms in total.